The van der Waals surface area contributed by atoms with Gasteiger partial charge in [0, 0.05) is 12.1 Å². The van der Waals surface area contributed by atoms with E-state index in [1.807, 2.05) is 41.8 Å². The van der Waals surface area contributed by atoms with Gasteiger partial charge in [-0.3, -0.25) is 4.57 Å². The molecule has 29 heavy (non-hydrogen) atoms. The quantitative estimate of drug-likeness (QED) is 0.313. The zero-order valence-electron chi connectivity index (χ0n) is 16.0. The Bertz CT molecular complexity index is 1110. The zero-order valence-corrected chi connectivity index (χ0v) is 16.8. The average molecular weight is 409 g/mol. The molecule has 0 radical (unpaired) electrons. The summed E-state index contributed by atoms with van der Waals surface area (Å²) in [4.78, 5) is 4.47. The van der Waals surface area contributed by atoms with Crippen molar-refractivity contribution in [2.24, 2.45) is 0 Å². The first kappa shape index (κ1) is 19.0. The van der Waals surface area contributed by atoms with Crippen LogP contribution >= 0.6 is 11.8 Å². The monoisotopic (exact) mass is 409 g/mol. The number of allylic oxidation sites excluding steroid dienone is 1. The molecule has 4 rings (SSSR count). The molecule has 148 valence electrons. The number of furan rings is 1. The van der Waals surface area contributed by atoms with Crippen molar-refractivity contribution in [3.05, 3.63) is 60.9 Å². The second kappa shape index (κ2) is 8.36. The topological polar surface area (TPSA) is 92.0 Å². The van der Waals surface area contributed by atoms with Gasteiger partial charge in [0.1, 0.15) is 11.5 Å². The van der Waals surface area contributed by atoms with E-state index in [0.717, 1.165) is 33.6 Å². The van der Waals surface area contributed by atoms with Crippen molar-refractivity contribution >= 4 is 11.8 Å². The second-order valence-electron chi connectivity index (χ2n) is 6.12. The summed E-state index contributed by atoms with van der Waals surface area (Å²) in [7, 11) is 1.63. The molecule has 0 spiro atoms. The predicted molar refractivity (Wildman–Crippen MR) is 109 cm³/mol. The molecule has 0 N–H and O–H groups in total. The molecular weight excluding hydrogens is 390 g/mol. The normalized spacial score (nSPS) is 11.0. The summed E-state index contributed by atoms with van der Waals surface area (Å²) in [6.45, 7) is 6.31. The minimum atomic E-state index is 0.475. The molecule has 0 atom stereocenters. The minimum absolute atomic E-state index is 0.475. The van der Waals surface area contributed by atoms with Crippen molar-refractivity contribution in [1.29, 1.82) is 0 Å². The Morgan fingerprint density at radius 3 is 2.72 bits per heavy atom. The lowest BCUT2D eigenvalue weighted by Gasteiger charge is -2.06. The van der Waals surface area contributed by atoms with Gasteiger partial charge in [0.25, 0.3) is 0 Å². The number of rotatable bonds is 8. The number of aromatic nitrogens is 5. The highest BCUT2D eigenvalue weighted by atomic mass is 32.2. The highest BCUT2D eigenvalue weighted by Crippen LogP contribution is 2.29. The molecule has 0 saturated carbocycles. The Kier molecular flexibility index (Phi) is 5.48. The van der Waals surface area contributed by atoms with Crippen molar-refractivity contribution in [2.45, 2.75) is 24.4 Å². The van der Waals surface area contributed by atoms with E-state index in [1.165, 1.54) is 11.8 Å². The molecule has 1 aromatic carbocycles. The number of aryl methyl sites for hydroxylation is 1. The smallest absolute Gasteiger partial charge is 0.237 e. The Hall–Kier alpha value is -3.33. The van der Waals surface area contributed by atoms with Crippen molar-refractivity contribution in [1.82, 2.24) is 24.9 Å². The van der Waals surface area contributed by atoms with Gasteiger partial charge in [0.05, 0.1) is 24.7 Å². The number of methoxy groups -OCH3 is 1. The Balaban J connectivity index is 1.51. The fourth-order valence-corrected chi connectivity index (χ4v) is 3.59. The van der Waals surface area contributed by atoms with Gasteiger partial charge in [0.15, 0.2) is 11.0 Å². The highest BCUT2D eigenvalue weighted by Gasteiger charge is 2.18. The Morgan fingerprint density at radius 2 is 2.03 bits per heavy atom. The van der Waals surface area contributed by atoms with E-state index in [-0.39, 0.29) is 0 Å². The number of hydrogen-bond donors (Lipinski definition) is 0. The third-order valence-electron chi connectivity index (χ3n) is 4.27. The Labute approximate surface area is 171 Å². The van der Waals surface area contributed by atoms with Gasteiger partial charge >= 0.3 is 0 Å². The van der Waals surface area contributed by atoms with Crippen molar-refractivity contribution in [3.8, 4) is 28.5 Å². The minimum Gasteiger partial charge on any atom is -0.497 e. The number of hydrogen-bond acceptors (Lipinski definition) is 8. The summed E-state index contributed by atoms with van der Waals surface area (Å²) < 4.78 is 17.9. The number of ether oxygens (including phenoxy) is 1. The van der Waals surface area contributed by atoms with Crippen LogP contribution in [0.2, 0.25) is 0 Å². The lowest BCUT2D eigenvalue weighted by Crippen LogP contribution is -2.00. The summed E-state index contributed by atoms with van der Waals surface area (Å²) in [6, 6.07) is 9.38. The van der Waals surface area contributed by atoms with Gasteiger partial charge in [0.2, 0.25) is 11.7 Å². The molecule has 8 nitrogen and oxygen atoms in total. The van der Waals surface area contributed by atoms with Gasteiger partial charge in [-0.1, -0.05) is 23.0 Å². The van der Waals surface area contributed by atoms with Gasteiger partial charge in [-0.05, 0) is 37.3 Å². The summed E-state index contributed by atoms with van der Waals surface area (Å²) in [5.41, 5.74) is 1.77. The van der Waals surface area contributed by atoms with Crippen molar-refractivity contribution < 1.29 is 13.7 Å². The molecule has 9 heteroatoms. The molecular formula is C20H19N5O3S. The van der Waals surface area contributed by atoms with E-state index in [9.17, 15) is 0 Å². The van der Waals surface area contributed by atoms with E-state index in [4.69, 9.17) is 13.7 Å². The van der Waals surface area contributed by atoms with Crippen LogP contribution in [0.5, 0.6) is 5.75 Å². The largest absolute Gasteiger partial charge is 0.497 e. The number of nitrogens with zero attached hydrogens (tertiary/aromatic N) is 5. The van der Waals surface area contributed by atoms with Crippen LogP contribution in [0.15, 0.2) is 63.3 Å². The molecule has 3 heterocycles. The summed E-state index contributed by atoms with van der Waals surface area (Å²) in [5, 5.41) is 13.4. The molecule has 4 aromatic rings. The Morgan fingerprint density at radius 1 is 1.21 bits per heavy atom. The van der Waals surface area contributed by atoms with Crippen LogP contribution in [0.1, 0.15) is 11.7 Å². The summed E-state index contributed by atoms with van der Waals surface area (Å²) >= 11 is 1.47. The van der Waals surface area contributed by atoms with Gasteiger partial charge in [-0.25, -0.2) is 0 Å². The van der Waals surface area contributed by atoms with Crippen LogP contribution in [0.25, 0.3) is 22.8 Å². The maximum absolute atomic E-state index is 5.40. The SMILES string of the molecule is C=CCn1c(SCc2nc(-c3ccc(OC)cc3)no2)nnc1-c1ccoc1C. The molecule has 3 aromatic heterocycles. The molecule has 0 unspecified atom stereocenters. The first-order valence-corrected chi connectivity index (χ1v) is 9.86. The predicted octanol–water partition coefficient (Wildman–Crippen LogP) is 4.38. The molecule has 0 aliphatic carbocycles. The van der Waals surface area contributed by atoms with Crippen LogP contribution in [-0.4, -0.2) is 32.0 Å². The molecule has 0 amide bonds. The zero-order chi connectivity index (χ0) is 20.2. The van der Waals surface area contributed by atoms with Crippen molar-refractivity contribution in [3.63, 3.8) is 0 Å². The van der Waals surface area contributed by atoms with E-state index >= 15 is 0 Å². The first-order chi connectivity index (χ1) is 14.2. The molecule has 0 fully saturated rings. The molecule has 0 aliphatic heterocycles. The van der Waals surface area contributed by atoms with Gasteiger partial charge in [-0.15, -0.1) is 16.8 Å². The fourth-order valence-electron chi connectivity index (χ4n) is 2.80. The summed E-state index contributed by atoms with van der Waals surface area (Å²) in [5.74, 6) is 3.82. The number of thioether (sulfide) groups is 1. The number of benzene rings is 1. The molecule has 0 bridgehead atoms. The van der Waals surface area contributed by atoms with Crippen LogP contribution in [0, 0.1) is 6.92 Å². The van der Waals surface area contributed by atoms with Gasteiger partial charge < -0.3 is 13.7 Å². The lowest BCUT2D eigenvalue weighted by molar-refractivity contribution is 0.391. The lowest BCUT2D eigenvalue weighted by atomic mass is 10.2. The second-order valence-corrected chi connectivity index (χ2v) is 7.07. The maximum atomic E-state index is 5.40. The van der Waals surface area contributed by atoms with Crippen LogP contribution in [0.4, 0.5) is 0 Å². The highest BCUT2D eigenvalue weighted by molar-refractivity contribution is 7.98. The van der Waals surface area contributed by atoms with E-state index in [1.54, 1.807) is 19.4 Å². The fraction of sp³-hybridized carbons (Fsp3) is 0.200. The third kappa shape index (κ3) is 3.95. The third-order valence-corrected chi connectivity index (χ3v) is 5.22. The molecule has 0 aliphatic rings. The van der Waals surface area contributed by atoms with E-state index in [2.05, 4.69) is 26.9 Å². The standard InChI is InChI=1S/C20H19N5O3S/c1-4-10-25-19(16-9-11-27-13(16)2)22-23-20(25)29-12-17-21-18(24-28-17)14-5-7-15(26-3)8-6-14/h4-9,11H,1,10,12H2,2-3H3. The maximum Gasteiger partial charge on any atom is 0.237 e. The van der Waals surface area contributed by atoms with Crippen LogP contribution in [0.3, 0.4) is 0 Å². The van der Waals surface area contributed by atoms with E-state index < -0.39 is 0 Å². The van der Waals surface area contributed by atoms with Gasteiger partial charge in [-0.2, -0.15) is 4.98 Å². The first-order valence-electron chi connectivity index (χ1n) is 8.88. The van der Waals surface area contributed by atoms with Crippen LogP contribution < -0.4 is 4.74 Å². The summed E-state index contributed by atoms with van der Waals surface area (Å²) in [6.07, 6.45) is 3.45. The van der Waals surface area contributed by atoms with Crippen LogP contribution in [-0.2, 0) is 12.3 Å². The van der Waals surface area contributed by atoms with Crippen molar-refractivity contribution in [2.75, 3.05) is 7.11 Å². The molecule has 0 saturated heterocycles. The average Bonchev–Trinajstić information content (AvgIpc) is 3.47. The van der Waals surface area contributed by atoms with E-state index in [0.29, 0.717) is 24.0 Å².